The predicted octanol–water partition coefficient (Wildman–Crippen LogP) is 8.58. The van der Waals surface area contributed by atoms with E-state index in [1.165, 1.54) is 22.4 Å². The van der Waals surface area contributed by atoms with Crippen molar-refractivity contribution in [2.24, 2.45) is 0 Å². The van der Waals surface area contributed by atoms with Crippen molar-refractivity contribution < 1.29 is 0 Å². The van der Waals surface area contributed by atoms with Gasteiger partial charge in [0.1, 0.15) is 5.82 Å². The molecule has 45 heavy (non-hydrogen) atoms. The molecule has 1 aliphatic carbocycles. The van der Waals surface area contributed by atoms with Crippen molar-refractivity contribution in [3.8, 4) is 0 Å². The number of aromatic nitrogens is 4. The Morgan fingerprint density at radius 3 is 2.42 bits per heavy atom. The van der Waals surface area contributed by atoms with Gasteiger partial charge >= 0.3 is 0 Å². The van der Waals surface area contributed by atoms with Crippen molar-refractivity contribution in [3.63, 3.8) is 0 Å². The summed E-state index contributed by atoms with van der Waals surface area (Å²) in [5.41, 5.74) is 6.62. The van der Waals surface area contributed by atoms with Crippen molar-refractivity contribution in [1.82, 2.24) is 19.5 Å². The molecule has 2 heterocycles. The van der Waals surface area contributed by atoms with Crippen LogP contribution in [0, 0.1) is 0 Å². The third-order valence-electron chi connectivity index (χ3n) is 7.64. The topological polar surface area (TPSA) is 43.6 Å². The summed E-state index contributed by atoms with van der Waals surface area (Å²) >= 11 is 0. The van der Waals surface area contributed by atoms with Crippen LogP contribution in [0.25, 0.3) is 35.5 Å². The molecule has 0 bridgehead atoms. The fraction of sp³-hybridized carbons (Fsp3) is 0.195. The van der Waals surface area contributed by atoms with Gasteiger partial charge in [-0.25, -0.2) is 15.0 Å². The number of rotatable bonds is 12. The van der Waals surface area contributed by atoms with E-state index in [0.29, 0.717) is 23.9 Å². The molecule has 0 N–H and O–H groups in total. The minimum atomic E-state index is 0.0721. The molecule has 0 amide bonds. The van der Waals surface area contributed by atoms with Gasteiger partial charge in [-0.05, 0) is 44.4 Å². The van der Waals surface area contributed by atoms with Crippen LogP contribution in [0.5, 0.6) is 0 Å². The predicted molar refractivity (Wildman–Crippen MR) is 194 cm³/mol. The fourth-order valence-corrected chi connectivity index (χ4v) is 5.53. The molecule has 0 spiro atoms. The average molecular weight is 593 g/mol. The van der Waals surface area contributed by atoms with Gasteiger partial charge in [-0.3, -0.25) is 0 Å². The van der Waals surface area contributed by atoms with Gasteiger partial charge in [0.05, 0.1) is 0 Å². The van der Waals surface area contributed by atoms with Gasteiger partial charge in [0.15, 0.2) is 11.6 Å². The van der Waals surface area contributed by atoms with E-state index in [4.69, 9.17) is 15.0 Å². The van der Waals surface area contributed by atoms with Gasteiger partial charge in [-0.1, -0.05) is 136 Å². The minimum absolute atomic E-state index is 0.0721. The summed E-state index contributed by atoms with van der Waals surface area (Å²) in [5.74, 6) is 1.94. The summed E-state index contributed by atoms with van der Waals surface area (Å²) in [6.07, 6.45) is 31.3. The van der Waals surface area contributed by atoms with Crippen LogP contribution in [-0.2, 0) is 12.8 Å². The lowest BCUT2D eigenvalue weighted by Gasteiger charge is -2.15. The molecule has 0 aliphatic heterocycles. The number of hydrogen-bond acceptors (Lipinski definition) is 3. The van der Waals surface area contributed by atoms with Gasteiger partial charge in [0, 0.05) is 51.9 Å². The van der Waals surface area contributed by atoms with Gasteiger partial charge in [0.25, 0.3) is 0 Å². The first kappa shape index (κ1) is 32.8. The SMILES string of the molecule is C=C/C=C(\C=C)c1nc(C/C=C\C(C)n2c3c(/c(=C/C(=C\C)c4ccccc4)c2=C)C=CC=CC3)nc(C(/C=C\C)=C/CC)n1. The number of benzene rings is 1. The van der Waals surface area contributed by atoms with Gasteiger partial charge in [-0.2, -0.15) is 0 Å². The molecule has 2 aromatic heterocycles. The van der Waals surface area contributed by atoms with Crippen molar-refractivity contribution >= 4 is 35.5 Å². The summed E-state index contributed by atoms with van der Waals surface area (Å²) in [5, 5.41) is 2.15. The van der Waals surface area contributed by atoms with E-state index in [1.807, 2.05) is 31.2 Å². The minimum Gasteiger partial charge on any atom is -0.338 e. The lowest BCUT2D eigenvalue weighted by atomic mass is 10.0. The van der Waals surface area contributed by atoms with Crippen LogP contribution < -0.4 is 10.6 Å². The molecular weight excluding hydrogens is 548 g/mol. The molecule has 4 heteroatoms. The Morgan fingerprint density at radius 2 is 1.76 bits per heavy atom. The highest BCUT2D eigenvalue weighted by atomic mass is 15.0. The zero-order chi connectivity index (χ0) is 32.2. The van der Waals surface area contributed by atoms with Crippen LogP contribution in [0.2, 0.25) is 0 Å². The highest BCUT2D eigenvalue weighted by Crippen LogP contribution is 2.21. The molecule has 4 rings (SSSR count). The zero-order valence-electron chi connectivity index (χ0n) is 27.1. The molecule has 3 aromatic rings. The van der Waals surface area contributed by atoms with E-state index in [-0.39, 0.29) is 6.04 Å². The van der Waals surface area contributed by atoms with Gasteiger partial charge in [0.2, 0.25) is 0 Å². The van der Waals surface area contributed by atoms with Crippen molar-refractivity contribution in [1.29, 1.82) is 0 Å². The highest BCUT2D eigenvalue weighted by Gasteiger charge is 2.16. The maximum atomic E-state index is 4.86. The maximum Gasteiger partial charge on any atom is 0.163 e. The Balaban J connectivity index is 1.74. The molecule has 1 aliphatic rings. The first-order valence-electron chi connectivity index (χ1n) is 15.6. The van der Waals surface area contributed by atoms with Gasteiger partial charge < -0.3 is 4.57 Å². The highest BCUT2D eigenvalue weighted by molar-refractivity contribution is 5.89. The first-order valence-corrected chi connectivity index (χ1v) is 15.6. The molecular formula is C41H44N4. The second-order valence-electron chi connectivity index (χ2n) is 10.7. The lowest BCUT2D eigenvalue weighted by molar-refractivity contribution is 0.620. The van der Waals surface area contributed by atoms with E-state index in [1.54, 1.807) is 12.2 Å². The number of hydrogen-bond donors (Lipinski definition) is 0. The number of allylic oxidation sites excluding steroid dienone is 15. The monoisotopic (exact) mass is 592 g/mol. The van der Waals surface area contributed by atoms with Gasteiger partial charge in [-0.15, -0.1) is 0 Å². The standard InChI is InChI=1S/C41H44N4/c1-8-20-32(11-4)40-42-39(43-41(44-40)35(21-9-2)22-10-3)28-19-23-30(6)45-31(7)37(36-26-17-14-18-27-38(36)45)29-33(12-5)34-24-15-13-16-25-34/h8-9,11-26,29-30H,1,4,7,10,27-28H2,2-3,5-6H3/b21-9-,23-19-,32-20+,33-12+,35-22+,37-29+. The molecule has 0 saturated carbocycles. The Kier molecular flexibility index (Phi) is 11.8. The second kappa shape index (κ2) is 16.1. The van der Waals surface area contributed by atoms with Crippen molar-refractivity contribution in [2.75, 3.05) is 0 Å². The Bertz CT molecular complexity index is 1850. The second-order valence-corrected chi connectivity index (χ2v) is 10.7. The third kappa shape index (κ3) is 7.90. The normalized spacial score (nSPS) is 15.1. The van der Waals surface area contributed by atoms with Crippen LogP contribution in [0.4, 0.5) is 0 Å². The lowest BCUT2D eigenvalue weighted by Crippen LogP contribution is -2.30. The van der Waals surface area contributed by atoms with E-state index in [9.17, 15) is 0 Å². The summed E-state index contributed by atoms with van der Waals surface area (Å²) < 4.78 is 2.36. The Labute approximate surface area is 268 Å². The largest absolute Gasteiger partial charge is 0.338 e. The first-order chi connectivity index (χ1) is 21.9. The molecule has 4 nitrogen and oxygen atoms in total. The number of nitrogens with zero attached hydrogens (tertiary/aromatic N) is 4. The zero-order valence-corrected chi connectivity index (χ0v) is 27.1. The quantitative estimate of drug-likeness (QED) is 0.156. The molecule has 0 radical (unpaired) electrons. The molecule has 1 atom stereocenters. The molecule has 1 unspecified atom stereocenters. The van der Waals surface area contributed by atoms with E-state index in [0.717, 1.165) is 34.6 Å². The summed E-state index contributed by atoms with van der Waals surface area (Å²) in [6.45, 7) is 20.8. The third-order valence-corrected chi connectivity index (χ3v) is 7.64. The average Bonchev–Trinajstić information content (AvgIpc) is 3.16. The van der Waals surface area contributed by atoms with Crippen molar-refractivity contribution in [2.45, 2.75) is 53.0 Å². The fourth-order valence-electron chi connectivity index (χ4n) is 5.53. The van der Waals surface area contributed by atoms with Crippen LogP contribution in [0.3, 0.4) is 0 Å². The summed E-state index contributed by atoms with van der Waals surface area (Å²) in [7, 11) is 0. The molecule has 0 fully saturated rings. The van der Waals surface area contributed by atoms with E-state index < -0.39 is 0 Å². The van der Waals surface area contributed by atoms with Crippen LogP contribution in [0.15, 0.2) is 116 Å². The summed E-state index contributed by atoms with van der Waals surface area (Å²) in [6, 6.07) is 10.6. The van der Waals surface area contributed by atoms with E-state index in [2.05, 4.69) is 124 Å². The van der Waals surface area contributed by atoms with Crippen LogP contribution >= 0.6 is 0 Å². The molecule has 0 saturated heterocycles. The van der Waals surface area contributed by atoms with E-state index >= 15 is 0 Å². The van der Waals surface area contributed by atoms with Crippen molar-refractivity contribution in [3.05, 3.63) is 161 Å². The smallest absolute Gasteiger partial charge is 0.163 e. The Morgan fingerprint density at radius 1 is 1.00 bits per heavy atom. The molecule has 228 valence electrons. The molecule has 1 aromatic carbocycles. The summed E-state index contributed by atoms with van der Waals surface area (Å²) in [4.78, 5) is 14.5. The van der Waals surface area contributed by atoms with Crippen LogP contribution in [0.1, 0.15) is 74.5 Å². The van der Waals surface area contributed by atoms with Crippen LogP contribution in [-0.4, -0.2) is 19.5 Å². The Hall–Kier alpha value is -5.09. The maximum absolute atomic E-state index is 4.86. The number of fused-ring (bicyclic) bond motifs is 1.